The summed E-state index contributed by atoms with van der Waals surface area (Å²) in [6.07, 6.45) is 0.889. The van der Waals surface area contributed by atoms with Crippen LogP contribution in [0.15, 0.2) is 0 Å². The Labute approximate surface area is 74.9 Å². The number of likely N-dealkylation sites (N-methyl/N-ethyl adjacent to an activating group) is 1. The molecular formula is C8H22N2O2. The minimum absolute atomic E-state index is 0. The Morgan fingerprint density at radius 3 is 1.75 bits per heavy atom. The first-order valence-corrected chi connectivity index (χ1v) is 4.06. The molecule has 0 aromatic carbocycles. The van der Waals surface area contributed by atoms with Gasteiger partial charge >= 0.3 is 0 Å². The van der Waals surface area contributed by atoms with Crippen LogP contribution in [-0.2, 0) is 4.74 Å². The van der Waals surface area contributed by atoms with Crippen molar-refractivity contribution in [2.45, 2.75) is 39.1 Å². The number of epoxide rings is 1. The number of hydrogen-bond acceptors (Lipinski definition) is 4. The standard InChI is InChI=1S/C4H11NO.C4H8O.H3N/c1-4(6)3-5-2;1-3-4(2)5-3;/h4-6H,3H2,1-2H3;3-4H,1-2H3;1H3. The van der Waals surface area contributed by atoms with E-state index < -0.39 is 0 Å². The molecule has 1 fully saturated rings. The molecule has 1 heterocycles. The largest absolute Gasteiger partial charge is 0.392 e. The zero-order valence-corrected chi connectivity index (χ0v) is 8.50. The molecule has 0 aliphatic carbocycles. The fourth-order valence-corrected chi connectivity index (χ4v) is 0.589. The first-order valence-electron chi connectivity index (χ1n) is 4.06. The molecule has 0 aromatic heterocycles. The van der Waals surface area contributed by atoms with Crippen molar-refractivity contribution in [3.05, 3.63) is 0 Å². The van der Waals surface area contributed by atoms with Crippen LogP contribution >= 0.6 is 0 Å². The molecule has 3 atom stereocenters. The minimum Gasteiger partial charge on any atom is -0.392 e. The molecule has 0 bridgehead atoms. The number of hydrogen-bond donors (Lipinski definition) is 3. The first kappa shape index (κ1) is 14.4. The van der Waals surface area contributed by atoms with Gasteiger partial charge in [0.15, 0.2) is 0 Å². The fraction of sp³-hybridized carbons (Fsp3) is 1.00. The van der Waals surface area contributed by atoms with Crippen molar-refractivity contribution in [2.24, 2.45) is 0 Å². The molecule has 0 amide bonds. The van der Waals surface area contributed by atoms with Crippen molar-refractivity contribution in [1.29, 1.82) is 0 Å². The van der Waals surface area contributed by atoms with Crippen LogP contribution in [0.1, 0.15) is 20.8 Å². The fourth-order valence-electron chi connectivity index (χ4n) is 0.589. The highest BCUT2D eigenvalue weighted by Gasteiger charge is 2.27. The number of rotatable bonds is 2. The van der Waals surface area contributed by atoms with Crippen molar-refractivity contribution < 1.29 is 9.84 Å². The number of ether oxygens (including phenoxy) is 1. The SMILES string of the molecule is CC1OC1C.CNCC(C)O.N. The Hall–Kier alpha value is -0.160. The average molecular weight is 178 g/mol. The second-order valence-electron chi connectivity index (χ2n) is 2.95. The van der Waals surface area contributed by atoms with Gasteiger partial charge in [0.2, 0.25) is 0 Å². The summed E-state index contributed by atoms with van der Waals surface area (Å²) in [5, 5.41) is 11.3. The maximum atomic E-state index is 8.49. The topological polar surface area (TPSA) is 79.8 Å². The maximum absolute atomic E-state index is 8.49. The Balaban J connectivity index is 0. The summed E-state index contributed by atoms with van der Waals surface area (Å²) >= 11 is 0. The van der Waals surface area contributed by atoms with E-state index in [4.69, 9.17) is 9.84 Å². The van der Waals surface area contributed by atoms with Crippen LogP contribution < -0.4 is 11.5 Å². The molecular weight excluding hydrogens is 156 g/mol. The zero-order chi connectivity index (χ0) is 8.85. The van der Waals surface area contributed by atoms with E-state index in [0.29, 0.717) is 18.8 Å². The van der Waals surface area contributed by atoms with E-state index in [2.05, 4.69) is 19.2 Å². The van der Waals surface area contributed by atoms with Gasteiger partial charge in [-0.05, 0) is 27.8 Å². The summed E-state index contributed by atoms with van der Waals surface area (Å²) in [7, 11) is 1.81. The second-order valence-corrected chi connectivity index (χ2v) is 2.95. The van der Waals surface area contributed by atoms with Gasteiger partial charge in [-0.3, -0.25) is 0 Å². The molecule has 1 aliphatic heterocycles. The van der Waals surface area contributed by atoms with Crippen molar-refractivity contribution in [3.8, 4) is 0 Å². The average Bonchev–Trinajstić information content (AvgIpc) is 2.46. The van der Waals surface area contributed by atoms with E-state index in [1.807, 2.05) is 7.05 Å². The molecule has 1 rings (SSSR count). The minimum atomic E-state index is -0.213. The lowest BCUT2D eigenvalue weighted by Gasteiger charge is -1.97. The summed E-state index contributed by atoms with van der Waals surface area (Å²) in [6.45, 7) is 6.58. The van der Waals surface area contributed by atoms with Crippen LogP contribution in [0.4, 0.5) is 0 Å². The number of nitrogens with one attached hydrogen (secondary N) is 1. The highest BCUT2D eigenvalue weighted by molar-refractivity contribution is 4.73. The van der Waals surface area contributed by atoms with Crippen LogP contribution in [0.5, 0.6) is 0 Å². The normalized spacial score (nSPS) is 27.8. The summed E-state index contributed by atoms with van der Waals surface area (Å²) in [4.78, 5) is 0. The third kappa shape index (κ3) is 9.84. The number of aliphatic hydroxyl groups is 1. The third-order valence-corrected chi connectivity index (χ3v) is 1.51. The molecule has 76 valence electrons. The summed E-state index contributed by atoms with van der Waals surface area (Å²) in [5.41, 5.74) is 0. The molecule has 0 saturated carbocycles. The van der Waals surface area contributed by atoms with Crippen molar-refractivity contribution in [2.75, 3.05) is 13.6 Å². The van der Waals surface area contributed by atoms with Crippen LogP contribution in [0.25, 0.3) is 0 Å². The van der Waals surface area contributed by atoms with E-state index in [9.17, 15) is 0 Å². The lowest BCUT2D eigenvalue weighted by molar-refractivity contribution is 0.194. The molecule has 5 N–H and O–H groups in total. The smallest absolute Gasteiger partial charge is 0.0811 e. The molecule has 0 spiro atoms. The predicted octanol–water partition coefficient (Wildman–Crippen LogP) is 0.542. The summed E-state index contributed by atoms with van der Waals surface area (Å²) in [5.74, 6) is 0. The van der Waals surface area contributed by atoms with Crippen LogP contribution in [0, 0.1) is 0 Å². The van der Waals surface area contributed by atoms with E-state index >= 15 is 0 Å². The molecule has 12 heavy (non-hydrogen) atoms. The van der Waals surface area contributed by atoms with Gasteiger partial charge in [-0.1, -0.05) is 0 Å². The predicted molar refractivity (Wildman–Crippen MR) is 50.6 cm³/mol. The van der Waals surface area contributed by atoms with Gasteiger partial charge in [-0.2, -0.15) is 0 Å². The second kappa shape index (κ2) is 7.49. The van der Waals surface area contributed by atoms with Gasteiger partial charge in [0.05, 0.1) is 18.3 Å². The van der Waals surface area contributed by atoms with E-state index in [1.54, 1.807) is 6.92 Å². The quantitative estimate of drug-likeness (QED) is 0.539. The summed E-state index contributed by atoms with van der Waals surface area (Å²) < 4.78 is 4.92. The van der Waals surface area contributed by atoms with E-state index in [-0.39, 0.29) is 12.3 Å². The molecule has 4 heteroatoms. The van der Waals surface area contributed by atoms with Gasteiger partial charge in [0, 0.05) is 6.54 Å². The van der Waals surface area contributed by atoms with Crippen LogP contribution in [-0.4, -0.2) is 37.0 Å². The van der Waals surface area contributed by atoms with Crippen LogP contribution in [0.2, 0.25) is 0 Å². The Morgan fingerprint density at radius 2 is 1.75 bits per heavy atom. The molecule has 4 nitrogen and oxygen atoms in total. The number of aliphatic hydroxyl groups excluding tert-OH is 1. The van der Waals surface area contributed by atoms with Gasteiger partial charge in [0.1, 0.15) is 0 Å². The Morgan fingerprint density at radius 1 is 1.42 bits per heavy atom. The molecule has 3 unspecified atom stereocenters. The molecule has 0 aromatic rings. The highest BCUT2D eigenvalue weighted by atomic mass is 16.6. The van der Waals surface area contributed by atoms with Crippen LogP contribution in [0.3, 0.4) is 0 Å². The monoisotopic (exact) mass is 178 g/mol. The van der Waals surface area contributed by atoms with Crippen molar-refractivity contribution >= 4 is 0 Å². The van der Waals surface area contributed by atoms with E-state index in [0.717, 1.165) is 0 Å². The van der Waals surface area contributed by atoms with Crippen molar-refractivity contribution in [1.82, 2.24) is 11.5 Å². The molecule has 1 saturated heterocycles. The molecule has 0 radical (unpaired) electrons. The van der Waals surface area contributed by atoms with E-state index in [1.165, 1.54) is 0 Å². The third-order valence-electron chi connectivity index (χ3n) is 1.51. The van der Waals surface area contributed by atoms with Gasteiger partial charge in [-0.15, -0.1) is 0 Å². The Kier molecular flexibility index (Phi) is 8.97. The maximum Gasteiger partial charge on any atom is 0.0811 e. The zero-order valence-electron chi connectivity index (χ0n) is 8.50. The first-order chi connectivity index (χ1) is 5.07. The Bertz CT molecular complexity index is 93.1. The van der Waals surface area contributed by atoms with Gasteiger partial charge in [0.25, 0.3) is 0 Å². The summed E-state index contributed by atoms with van der Waals surface area (Å²) in [6, 6.07) is 0. The van der Waals surface area contributed by atoms with Crippen molar-refractivity contribution in [3.63, 3.8) is 0 Å². The lowest BCUT2D eigenvalue weighted by Crippen LogP contribution is -2.19. The highest BCUT2D eigenvalue weighted by Crippen LogP contribution is 2.18. The lowest BCUT2D eigenvalue weighted by atomic mass is 10.4. The van der Waals surface area contributed by atoms with Gasteiger partial charge < -0.3 is 21.3 Å². The van der Waals surface area contributed by atoms with Gasteiger partial charge in [-0.25, -0.2) is 0 Å². The molecule has 1 aliphatic rings.